The van der Waals surface area contributed by atoms with E-state index in [-0.39, 0.29) is 30.0 Å². The summed E-state index contributed by atoms with van der Waals surface area (Å²) in [4.78, 5) is 6.12. The minimum Gasteiger partial charge on any atom is -0.356 e. The Balaban J connectivity index is 0.00000300. The third kappa shape index (κ3) is 6.53. The summed E-state index contributed by atoms with van der Waals surface area (Å²) in [5.74, 6) is 2.52. The van der Waals surface area contributed by atoms with Gasteiger partial charge in [0, 0.05) is 18.5 Å². The Bertz CT molecular complexity index is 919. The van der Waals surface area contributed by atoms with Crippen LogP contribution < -0.4 is 10.6 Å². The molecule has 0 fully saturated rings. The van der Waals surface area contributed by atoms with E-state index in [0.717, 1.165) is 30.6 Å². The molecule has 0 aliphatic heterocycles. The number of aliphatic imine (C=N–C) groups is 1. The summed E-state index contributed by atoms with van der Waals surface area (Å²) in [6.45, 7) is 7.54. The van der Waals surface area contributed by atoms with E-state index in [1.165, 1.54) is 16.0 Å². The van der Waals surface area contributed by atoms with Crippen LogP contribution in [-0.4, -0.2) is 27.3 Å². The fourth-order valence-electron chi connectivity index (χ4n) is 3.01. The maximum Gasteiger partial charge on any atom is 0.192 e. The lowest BCUT2D eigenvalue weighted by Crippen LogP contribution is -2.40. The second kappa shape index (κ2) is 11.3. The second-order valence-corrected chi connectivity index (χ2v) is 7.90. The van der Waals surface area contributed by atoms with E-state index in [4.69, 9.17) is 4.99 Å². The zero-order valence-corrected chi connectivity index (χ0v) is 20.5. The molecular formula is C21H29IN6S. The summed E-state index contributed by atoms with van der Waals surface area (Å²) >= 11 is 1.78. The molecule has 0 saturated heterocycles. The predicted molar refractivity (Wildman–Crippen MR) is 131 cm³/mol. The molecule has 0 amide bonds. The number of benzene rings is 1. The van der Waals surface area contributed by atoms with Crippen molar-refractivity contribution in [1.29, 1.82) is 0 Å². The normalized spacial score (nSPS) is 12.3. The molecule has 0 bridgehead atoms. The molecule has 6 nitrogen and oxygen atoms in total. The van der Waals surface area contributed by atoms with Gasteiger partial charge in [0.2, 0.25) is 0 Å². The average Bonchev–Trinajstić information content (AvgIpc) is 3.31. The summed E-state index contributed by atoms with van der Waals surface area (Å²) in [6, 6.07) is 12.8. The molecule has 0 radical (unpaired) electrons. The van der Waals surface area contributed by atoms with Crippen molar-refractivity contribution in [2.24, 2.45) is 12.0 Å². The number of hydrogen-bond acceptors (Lipinski definition) is 4. The standard InChI is InChI=1S/C21H28N6S.HI/c1-15-8-5-6-10-19(15)16(2)24-21(22-12-11-18-9-7-13-28-18)23-14-20-26-25-17(3)27(20)4;/h5-10,13,16H,11-12,14H2,1-4H3,(H2,22,23,24);1H. The number of nitrogens with one attached hydrogen (secondary N) is 2. The molecule has 29 heavy (non-hydrogen) atoms. The van der Waals surface area contributed by atoms with Crippen LogP contribution in [0, 0.1) is 13.8 Å². The van der Waals surface area contributed by atoms with Crippen molar-refractivity contribution < 1.29 is 0 Å². The van der Waals surface area contributed by atoms with Gasteiger partial charge in [0.1, 0.15) is 12.4 Å². The molecular weight excluding hydrogens is 495 g/mol. The first-order chi connectivity index (χ1) is 13.5. The van der Waals surface area contributed by atoms with Crippen LogP contribution in [0.2, 0.25) is 0 Å². The molecule has 2 N–H and O–H groups in total. The molecule has 0 aliphatic rings. The fourth-order valence-corrected chi connectivity index (χ4v) is 3.71. The first-order valence-electron chi connectivity index (χ1n) is 9.52. The lowest BCUT2D eigenvalue weighted by molar-refractivity contribution is 0.672. The minimum atomic E-state index is 0. The van der Waals surface area contributed by atoms with Crippen LogP contribution in [0.3, 0.4) is 0 Å². The predicted octanol–water partition coefficient (Wildman–Crippen LogP) is 4.15. The average molecular weight is 524 g/mol. The maximum atomic E-state index is 4.76. The van der Waals surface area contributed by atoms with Crippen molar-refractivity contribution in [3.05, 3.63) is 69.4 Å². The molecule has 1 unspecified atom stereocenters. The highest BCUT2D eigenvalue weighted by Gasteiger charge is 2.11. The molecule has 0 spiro atoms. The van der Waals surface area contributed by atoms with Crippen LogP contribution in [0.5, 0.6) is 0 Å². The van der Waals surface area contributed by atoms with E-state index in [2.05, 4.69) is 76.5 Å². The number of guanidine groups is 1. The summed E-state index contributed by atoms with van der Waals surface area (Å²) in [6.07, 6.45) is 0.972. The zero-order chi connectivity index (χ0) is 19.9. The summed E-state index contributed by atoms with van der Waals surface area (Å²) < 4.78 is 1.97. The van der Waals surface area contributed by atoms with E-state index in [0.29, 0.717) is 6.54 Å². The van der Waals surface area contributed by atoms with Gasteiger partial charge in [0.25, 0.3) is 0 Å². The van der Waals surface area contributed by atoms with Crippen LogP contribution in [0.15, 0.2) is 46.8 Å². The van der Waals surface area contributed by atoms with Gasteiger partial charge in [-0.15, -0.1) is 45.5 Å². The second-order valence-electron chi connectivity index (χ2n) is 6.87. The smallest absolute Gasteiger partial charge is 0.192 e. The van der Waals surface area contributed by atoms with E-state index in [9.17, 15) is 0 Å². The van der Waals surface area contributed by atoms with Gasteiger partial charge in [0.15, 0.2) is 11.8 Å². The van der Waals surface area contributed by atoms with Crippen molar-refractivity contribution in [3.8, 4) is 0 Å². The van der Waals surface area contributed by atoms with Gasteiger partial charge in [-0.2, -0.15) is 0 Å². The molecule has 2 aromatic heterocycles. The van der Waals surface area contributed by atoms with Gasteiger partial charge in [-0.05, 0) is 49.8 Å². The van der Waals surface area contributed by atoms with Crippen LogP contribution in [0.25, 0.3) is 0 Å². The van der Waals surface area contributed by atoms with Gasteiger partial charge >= 0.3 is 0 Å². The molecule has 1 atom stereocenters. The molecule has 1 aromatic carbocycles. The van der Waals surface area contributed by atoms with Crippen LogP contribution in [-0.2, 0) is 20.0 Å². The van der Waals surface area contributed by atoms with Crippen molar-refractivity contribution in [1.82, 2.24) is 25.4 Å². The van der Waals surface area contributed by atoms with E-state index in [1.54, 1.807) is 11.3 Å². The molecule has 0 saturated carbocycles. The third-order valence-corrected chi connectivity index (χ3v) is 5.75. The topological polar surface area (TPSA) is 67.1 Å². The maximum absolute atomic E-state index is 4.76. The van der Waals surface area contributed by atoms with E-state index in [1.807, 2.05) is 18.5 Å². The van der Waals surface area contributed by atoms with Crippen LogP contribution in [0.1, 0.15) is 40.6 Å². The lowest BCUT2D eigenvalue weighted by atomic mass is 10.0. The summed E-state index contributed by atoms with van der Waals surface area (Å²) in [5, 5.41) is 17.4. The highest BCUT2D eigenvalue weighted by molar-refractivity contribution is 14.0. The minimum absolute atomic E-state index is 0. The Morgan fingerprint density at radius 1 is 1.17 bits per heavy atom. The van der Waals surface area contributed by atoms with Crippen molar-refractivity contribution in [2.45, 2.75) is 39.8 Å². The number of nitrogens with zero attached hydrogens (tertiary/aromatic N) is 4. The van der Waals surface area contributed by atoms with Gasteiger partial charge < -0.3 is 15.2 Å². The molecule has 3 rings (SSSR count). The highest BCUT2D eigenvalue weighted by Crippen LogP contribution is 2.16. The SMILES string of the molecule is Cc1ccccc1C(C)NC(=NCc1nnc(C)n1C)NCCc1cccs1.I. The number of hydrogen-bond donors (Lipinski definition) is 2. The van der Waals surface area contributed by atoms with Crippen LogP contribution in [0.4, 0.5) is 0 Å². The zero-order valence-electron chi connectivity index (χ0n) is 17.3. The Labute approximate surface area is 193 Å². The molecule has 3 aromatic rings. The Morgan fingerprint density at radius 3 is 2.62 bits per heavy atom. The largest absolute Gasteiger partial charge is 0.356 e. The highest BCUT2D eigenvalue weighted by atomic mass is 127. The number of halogens is 1. The Hall–Kier alpha value is -1.94. The lowest BCUT2D eigenvalue weighted by Gasteiger charge is -2.20. The number of thiophene rings is 1. The quantitative estimate of drug-likeness (QED) is 0.277. The number of aromatic nitrogens is 3. The summed E-state index contributed by atoms with van der Waals surface area (Å²) in [5.41, 5.74) is 2.54. The molecule has 2 heterocycles. The first kappa shape index (κ1) is 23.3. The van der Waals surface area contributed by atoms with E-state index < -0.39 is 0 Å². The molecule has 8 heteroatoms. The summed E-state index contributed by atoms with van der Waals surface area (Å²) in [7, 11) is 1.97. The van der Waals surface area contributed by atoms with Crippen LogP contribution >= 0.6 is 35.3 Å². The first-order valence-corrected chi connectivity index (χ1v) is 10.4. The van der Waals surface area contributed by atoms with Crippen molar-refractivity contribution in [3.63, 3.8) is 0 Å². The monoisotopic (exact) mass is 524 g/mol. The fraction of sp³-hybridized carbons (Fsp3) is 0.381. The third-order valence-electron chi connectivity index (χ3n) is 4.81. The van der Waals surface area contributed by atoms with E-state index >= 15 is 0 Å². The van der Waals surface area contributed by atoms with Gasteiger partial charge in [-0.1, -0.05) is 30.3 Å². The van der Waals surface area contributed by atoms with Gasteiger partial charge in [-0.25, -0.2) is 4.99 Å². The van der Waals surface area contributed by atoms with Crippen molar-refractivity contribution in [2.75, 3.05) is 6.54 Å². The molecule has 156 valence electrons. The number of rotatable bonds is 7. The molecule has 0 aliphatic carbocycles. The van der Waals surface area contributed by atoms with Gasteiger partial charge in [0.05, 0.1) is 6.04 Å². The Morgan fingerprint density at radius 2 is 1.97 bits per heavy atom. The Kier molecular flexibility index (Phi) is 9.09. The van der Waals surface area contributed by atoms with Crippen molar-refractivity contribution >= 4 is 41.3 Å². The number of aryl methyl sites for hydroxylation is 2. The van der Waals surface area contributed by atoms with Gasteiger partial charge in [-0.3, -0.25) is 0 Å².